The summed E-state index contributed by atoms with van der Waals surface area (Å²) in [5.41, 5.74) is 2.46. The predicted octanol–water partition coefficient (Wildman–Crippen LogP) is 3.83. The summed E-state index contributed by atoms with van der Waals surface area (Å²) >= 11 is 1.65. The minimum absolute atomic E-state index is 0.0266. The molecule has 1 spiro atoms. The molecule has 3 N–H and O–H groups in total. The standard InChI is InChI=1S/C30H38N4O4S/c1-4-33(5-2)22-14-12-21(13-15-22)32-28(37)26-30-19(3)18-23(39-30)24(25(30)29(38)34(26)16-9-17-35)27(36)31-20-10-7-6-8-11-20/h6-8,10-15,19,23-26,35H,4-5,9,16-18H2,1-3H3,(H,31,36)(H,32,37)/t19?,23-,24+,25-,26?,30?/m0/s1. The lowest BCUT2D eigenvalue weighted by Crippen LogP contribution is -2.54. The largest absolute Gasteiger partial charge is 0.396 e. The van der Waals surface area contributed by atoms with E-state index in [-0.39, 0.29) is 42.0 Å². The van der Waals surface area contributed by atoms with Crippen LogP contribution in [0, 0.1) is 17.8 Å². The average Bonchev–Trinajstić information content (AvgIpc) is 3.53. The molecule has 3 saturated heterocycles. The Hall–Kier alpha value is -3.04. The molecular formula is C30H38N4O4S. The number of amides is 3. The molecule has 3 fully saturated rings. The zero-order valence-corrected chi connectivity index (χ0v) is 23.6. The SMILES string of the molecule is CCN(CC)c1ccc(NC(=O)C2N(CCCO)C(=O)[C@@H]3[C@H](C(=O)Nc4ccccc4)[C@@H]4CC(C)C23S4)cc1. The number of aliphatic hydroxyl groups excluding tert-OH is 1. The van der Waals surface area contributed by atoms with E-state index in [9.17, 15) is 19.5 Å². The van der Waals surface area contributed by atoms with Gasteiger partial charge < -0.3 is 25.5 Å². The number of nitrogens with one attached hydrogen (secondary N) is 2. The summed E-state index contributed by atoms with van der Waals surface area (Å²) in [5.74, 6) is -1.57. The van der Waals surface area contributed by atoms with Gasteiger partial charge in [-0.1, -0.05) is 25.1 Å². The maximum absolute atomic E-state index is 14.0. The number of aliphatic hydroxyl groups is 1. The third kappa shape index (κ3) is 4.69. The molecule has 6 atom stereocenters. The van der Waals surface area contributed by atoms with Crippen LogP contribution in [0.2, 0.25) is 0 Å². The first-order valence-corrected chi connectivity index (χ1v) is 14.8. The fourth-order valence-electron chi connectivity index (χ4n) is 6.90. The van der Waals surface area contributed by atoms with E-state index in [0.29, 0.717) is 17.8 Å². The van der Waals surface area contributed by atoms with Crippen LogP contribution >= 0.6 is 11.8 Å². The van der Waals surface area contributed by atoms with Crippen molar-refractivity contribution in [2.75, 3.05) is 41.8 Å². The van der Waals surface area contributed by atoms with Gasteiger partial charge in [0.2, 0.25) is 17.7 Å². The molecule has 0 aliphatic carbocycles. The number of rotatable bonds is 10. The first-order chi connectivity index (χ1) is 18.8. The van der Waals surface area contributed by atoms with Gasteiger partial charge in [-0.05, 0) is 69.0 Å². The zero-order valence-electron chi connectivity index (χ0n) is 22.8. The Bertz CT molecular complexity index is 1210. The van der Waals surface area contributed by atoms with Crippen LogP contribution in [0.25, 0.3) is 0 Å². The Morgan fingerprint density at radius 1 is 1.03 bits per heavy atom. The highest BCUT2D eigenvalue weighted by Gasteiger charge is 2.75. The van der Waals surface area contributed by atoms with E-state index in [1.165, 1.54) is 0 Å². The van der Waals surface area contributed by atoms with Gasteiger partial charge in [0.25, 0.3) is 0 Å². The number of hydrogen-bond acceptors (Lipinski definition) is 6. The molecule has 2 aromatic carbocycles. The molecular weight excluding hydrogens is 512 g/mol. The van der Waals surface area contributed by atoms with E-state index in [0.717, 1.165) is 25.2 Å². The summed E-state index contributed by atoms with van der Waals surface area (Å²) < 4.78 is -0.693. The normalized spacial score (nSPS) is 28.9. The number of anilines is 3. The molecule has 3 aliphatic rings. The molecule has 9 heteroatoms. The van der Waals surface area contributed by atoms with Crippen LogP contribution in [0.4, 0.5) is 17.1 Å². The van der Waals surface area contributed by atoms with E-state index in [1.807, 2.05) is 54.6 Å². The minimum Gasteiger partial charge on any atom is -0.396 e. The second kappa shape index (κ2) is 11.2. The second-order valence-corrected chi connectivity index (χ2v) is 12.3. The van der Waals surface area contributed by atoms with Crippen LogP contribution < -0.4 is 15.5 Å². The maximum atomic E-state index is 14.0. The number of benzene rings is 2. The van der Waals surface area contributed by atoms with Crippen molar-refractivity contribution in [2.24, 2.45) is 17.8 Å². The number of hydrogen-bond donors (Lipinski definition) is 3. The Labute approximate surface area is 234 Å². The van der Waals surface area contributed by atoms with Crippen molar-refractivity contribution in [3.8, 4) is 0 Å². The van der Waals surface area contributed by atoms with Crippen molar-refractivity contribution in [3.05, 3.63) is 54.6 Å². The fraction of sp³-hybridized carbons (Fsp3) is 0.500. The van der Waals surface area contributed by atoms with Gasteiger partial charge in [0, 0.05) is 48.6 Å². The van der Waals surface area contributed by atoms with Crippen LogP contribution in [0.15, 0.2) is 54.6 Å². The van der Waals surface area contributed by atoms with Crippen LogP contribution in [0.3, 0.4) is 0 Å². The second-order valence-electron chi connectivity index (χ2n) is 10.7. The van der Waals surface area contributed by atoms with Crippen LogP contribution in [0.5, 0.6) is 0 Å². The summed E-state index contributed by atoms with van der Waals surface area (Å²) in [5, 5.41) is 15.6. The summed E-state index contributed by atoms with van der Waals surface area (Å²) in [7, 11) is 0. The Balaban J connectivity index is 1.44. The molecule has 3 unspecified atom stereocenters. The Kier molecular flexibility index (Phi) is 7.91. The van der Waals surface area contributed by atoms with E-state index in [2.05, 4.69) is 36.3 Å². The molecule has 5 rings (SSSR count). The van der Waals surface area contributed by atoms with Gasteiger partial charge in [-0.3, -0.25) is 14.4 Å². The summed E-state index contributed by atoms with van der Waals surface area (Å²) in [4.78, 5) is 45.5. The van der Waals surface area contributed by atoms with Crippen molar-refractivity contribution in [3.63, 3.8) is 0 Å². The number of fused-ring (bicyclic) bond motifs is 1. The smallest absolute Gasteiger partial charge is 0.248 e. The first kappa shape index (κ1) is 27.5. The van der Waals surface area contributed by atoms with Crippen LogP contribution in [-0.4, -0.2) is 70.0 Å². The van der Waals surface area contributed by atoms with E-state index >= 15 is 0 Å². The highest BCUT2D eigenvalue weighted by Crippen LogP contribution is 2.68. The molecule has 3 heterocycles. The molecule has 0 saturated carbocycles. The lowest BCUT2D eigenvalue weighted by atomic mass is 9.66. The molecule has 8 nitrogen and oxygen atoms in total. The number of para-hydroxylation sites is 1. The topological polar surface area (TPSA) is 102 Å². The van der Waals surface area contributed by atoms with Crippen LogP contribution in [-0.2, 0) is 14.4 Å². The summed E-state index contributed by atoms with van der Waals surface area (Å²) in [6.45, 7) is 8.30. The third-order valence-electron chi connectivity index (χ3n) is 8.66. The highest BCUT2D eigenvalue weighted by molar-refractivity contribution is 8.02. The minimum atomic E-state index is -0.719. The predicted molar refractivity (Wildman–Crippen MR) is 156 cm³/mol. The van der Waals surface area contributed by atoms with Gasteiger partial charge >= 0.3 is 0 Å². The number of carbonyl (C=O) groups excluding carboxylic acids is 3. The fourth-order valence-corrected chi connectivity index (χ4v) is 9.33. The number of nitrogens with zero attached hydrogens (tertiary/aromatic N) is 2. The molecule has 39 heavy (non-hydrogen) atoms. The molecule has 0 aromatic heterocycles. The first-order valence-electron chi connectivity index (χ1n) is 14.0. The number of likely N-dealkylation sites (tertiary alicyclic amines) is 1. The quantitative estimate of drug-likeness (QED) is 0.416. The summed E-state index contributed by atoms with van der Waals surface area (Å²) in [6, 6.07) is 16.4. The van der Waals surface area contributed by atoms with Gasteiger partial charge in [-0.25, -0.2) is 0 Å². The third-order valence-corrected chi connectivity index (χ3v) is 10.7. The molecule has 0 radical (unpaired) electrons. The highest BCUT2D eigenvalue weighted by atomic mass is 32.2. The van der Waals surface area contributed by atoms with E-state index < -0.39 is 22.6 Å². The van der Waals surface area contributed by atoms with E-state index in [1.54, 1.807) is 16.7 Å². The molecule has 3 aliphatic heterocycles. The van der Waals surface area contributed by atoms with Gasteiger partial charge in [0.05, 0.1) is 16.6 Å². The van der Waals surface area contributed by atoms with Crippen molar-refractivity contribution in [1.29, 1.82) is 0 Å². The zero-order chi connectivity index (χ0) is 27.7. The van der Waals surface area contributed by atoms with Gasteiger partial charge in [-0.15, -0.1) is 11.8 Å². The van der Waals surface area contributed by atoms with Crippen molar-refractivity contribution in [2.45, 2.75) is 49.7 Å². The van der Waals surface area contributed by atoms with Gasteiger partial charge in [0.1, 0.15) is 6.04 Å². The average molecular weight is 551 g/mol. The number of carbonyl (C=O) groups is 3. The molecule has 208 valence electrons. The Morgan fingerprint density at radius 2 is 1.67 bits per heavy atom. The monoisotopic (exact) mass is 550 g/mol. The van der Waals surface area contributed by atoms with Crippen molar-refractivity contribution >= 4 is 46.5 Å². The summed E-state index contributed by atoms with van der Waals surface area (Å²) in [6.07, 6.45) is 1.15. The van der Waals surface area contributed by atoms with Crippen molar-refractivity contribution in [1.82, 2.24) is 4.90 Å². The molecule has 3 amide bonds. The van der Waals surface area contributed by atoms with Crippen LogP contribution in [0.1, 0.15) is 33.6 Å². The number of thioether (sulfide) groups is 1. The molecule has 2 aromatic rings. The lowest BCUT2D eigenvalue weighted by molar-refractivity contribution is -0.138. The van der Waals surface area contributed by atoms with Gasteiger partial charge in [-0.2, -0.15) is 0 Å². The van der Waals surface area contributed by atoms with Gasteiger partial charge in [0.15, 0.2) is 0 Å². The molecule has 2 bridgehead atoms. The van der Waals surface area contributed by atoms with E-state index in [4.69, 9.17) is 0 Å². The Morgan fingerprint density at radius 3 is 2.31 bits per heavy atom. The lowest BCUT2D eigenvalue weighted by Gasteiger charge is -2.38. The maximum Gasteiger partial charge on any atom is 0.248 e. The van der Waals surface area contributed by atoms with Crippen molar-refractivity contribution < 1.29 is 19.5 Å².